The van der Waals surface area contributed by atoms with Gasteiger partial charge in [-0.1, -0.05) is 71.0 Å². The zero-order valence-electron chi connectivity index (χ0n) is 23.5. The number of carboxylic acid groups (broad SMARTS) is 1. The number of aliphatic hydroxyl groups is 1. The van der Waals surface area contributed by atoms with Crippen LogP contribution in [0.15, 0.2) is 18.2 Å². The summed E-state index contributed by atoms with van der Waals surface area (Å²) in [7, 11) is 0. The molecule has 1 aromatic rings. The average Bonchev–Trinajstić information content (AvgIpc) is 2.89. The Bertz CT molecular complexity index is 822. The van der Waals surface area contributed by atoms with Crippen LogP contribution in [0.25, 0.3) is 0 Å². The minimum Gasteiger partial charge on any atom is -0.478 e. The molecule has 0 spiro atoms. The van der Waals surface area contributed by atoms with Crippen LogP contribution in [0.5, 0.6) is 0 Å². The molecule has 0 aliphatic carbocycles. The highest BCUT2D eigenvalue weighted by Gasteiger charge is 2.57. The summed E-state index contributed by atoms with van der Waals surface area (Å²) in [5, 5.41) is 22.0. The second kappa shape index (κ2) is 17.4. The second-order valence-corrected chi connectivity index (χ2v) is 10.2. The van der Waals surface area contributed by atoms with Crippen LogP contribution in [-0.2, 0) is 29.5 Å². The maximum atomic E-state index is 12.2. The Balaban J connectivity index is 2.56. The number of rotatable bonds is 19. The van der Waals surface area contributed by atoms with Crippen LogP contribution in [0, 0.1) is 0 Å². The van der Waals surface area contributed by atoms with Crippen molar-refractivity contribution in [2.24, 2.45) is 0 Å². The molecule has 1 heterocycles. The molecule has 8 nitrogen and oxygen atoms in total. The molecule has 0 amide bonds. The maximum absolute atomic E-state index is 12.2. The third kappa shape index (κ3) is 9.15. The zero-order chi connectivity index (χ0) is 28.0. The van der Waals surface area contributed by atoms with Gasteiger partial charge in [0.1, 0.15) is 24.4 Å². The largest absolute Gasteiger partial charge is 0.478 e. The fourth-order valence-electron chi connectivity index (χ4n) is 4.36. The van der Waals surface area contributed by atoms with E-state index in [1.807, 2.05) is 0 Å². The van der Waals surface area contributed by atoms with Gasteiger partial charge < -0.3 is 33.9 Å². The third-order valence-electron chi connectivity index (χ3n) is 6.65. The van der Waals surface area contributed by atoms with Crippen molar-refractivity contribution in [3.63, 3.8) is 0 Å². The highest BCUT2D eigenvalue weighted by atomic mass is 35.5. The molecular formula is C29H47ClO8. The van der Waals surface area contributed by atoms with Crippen LogP contribution >= 0.6 is 11.6 Å². The van der Waals surface area contributed by atoms with Crippen LogP contribution in [0.1, 0.15) is 95.0 Å². The van der Waals surface area contributed by atoms with Crippen molar-refractivity contribution in [2.45, 2.75) is 109 Å². The van der Waals surface area contributed by atoms with Crippen molar-refractivity contribution in [3.05, 3.63) is 34.3 Å². The number of unbranched alkanes of at least 4 members (excludes halogenated alkanes) is 4. The Hall–Kier alpha value is -1.26. The molecule has 1 unspecified atom stereocenters. The first-order valence-corrected chi connectivity index (χ1v) is 14.6. The average molecular weight is 559 g/mol. The van der Waals surface area contributed by atoms with E-state index < -0.39 is 36.2 Å². The SMILES string of the molecule is CCCCOC[C@H]1OC(O)(c2ccc(Cl)c(C(=O)O)c2)[C@H](OCCCC)[C@@H](OCCCC)[C@@H]1OCCCC. The van der Waals surface area contributed by atoms with Gasteiger partial charge in [-0.2, -0.15) is 0 Å². The monoisotopic (exact) mass is 558 g/mol. The molecule has 1 aliphatic rings. The summed E-state index contributed by atoms with van der Waals surface area (Å²) in [6, 6.07) is 4.37. The van der Waals surface area contributed by atoms with Crippen molar-refractivity contribution < 1.29 is 38.7 Å². The molecule has 1 saturated heterocycles. The van der Waals surface area contributed by atoms with E-state index in [1.54, 1.807) is 6.07 Å². The number of halogens is 1. The number of carbonyl (C=O) groups is 1. The van der Waals surface area contributed by atoms with Crippen LogP contribution in [0.2, 0.25) is 5.02 Å². The van der Waals surface area contributed by atoms with Gasteiger partial charge in [0.25, 0.3) is 0 Å². The summed E-state index contributed by atoms with van der Waals surface area (Å²) in [6.07, 6.45) is 4.34. The van der Waals surface area contributed by atoms with E-state index in [0.29, 0.717) is 26.4 Å². The van der Waals surface area contributed by atoms with Gasteiger partial charge in [0, 0.05) is 32.0 Å². The summed E-state index contributed by atoms with van der Waals surface area (Å²) in [4.78, 5) is 11.9. The first-order chi connectivity index (χ1) is 18.3. The molecule has 0 saturated carbocycles. The minimum atomic E-state index is -2.01. The maximum Gasteiger partial charge on any atom is 0.337 e. The van der Waals surface area contributed by atoms with Crippen molar-refractivity contribution in [2.75, 3.05) is 33.0 Å². The predicted octanol–water partition coefficient (Wildman–Crippen LogP) is 5.95. The lowest BCUT2D eigenvalue weighted by Crippen LogP contribution is -2.66. The molecule has 5 atom stereocenters. The molecule has 1 fully saturated rings. The highest BCUT2D eigenvalue weighted by molar-refractivity contribution is 6.33. The van der Waals surface area contributed by atoms with Gasteiger partial charge in [-0.15, -0.1) is 0 Å². The van der Waals surface area contributed by atoms with Gasteiger partial charge in [-0.3, -0.25) is 0 Å². The van der Waals surface area contributed by atoms with E-state index in [0.717, 1.165) is 51.4 Å². The number of aromatic carboxylic acids is 1. The minimum absolute atomic E-state index is 0.0695. The van der Waals surface area contributed by atoms with Crippen molar-refractivity contribution >= 4 is 17.6 Å². The molecule has 0 aromatic heterocycles. The lowest BCUT2D eigenvalue weighted by Gasteiger charge is -2.50. The van der Waals surface area contributed by atoms with Gasteiger partial charge in [-0.25, -0.2) is 4.79 Å². The van der Waals surface area contributed by atoms with E-state index in [-0.39, 0.29) is 22.8 Å². The van der Waals surface area contributed by atoms with Crippen LogP contribution in [-0.4, -0.2) is 73.6 Å². The Kier molecular flexibility index (Phi) is 15.1. The third-order valence-corrected chi connectivity index (χ3v) is 6.98. The summed E-state index contributed by atoms with van der Waals surface area (Å²) in [5.74, 6) is -3.21. The van der Waals surface area contributed by atoms with E-state index in [4.69, 9.17) is 35.3 Å². The van der Waals surface area contributed by atoms with Gasteiger partial charge in [0.15, 0.2) is 0 Å². The Morgan fingerprint density at radius 2 is 1.45 bits per heavy atom. The molecule has 0 radical (unpaired) electrons. The van der Waals surface area contributed by atoms with Crippen LogP contribution in [0.3, 0.4) is 0 Å². The lowest BCUT2D eigenvalue weighted by atomic mass is 9.87. The molecule has 218 valence electrons. The van der Waals surface area contributed by atoms with E-state index >= 15 is 0 Å². The molecular weight excluding hydrogens is 512 g/mol. The molecule has 2 N–H and O–H groups in total. The molecule has 2 rings (SSSR count). The van der Waals surface area contributed by atoms with Gasteiger partial charge in [0.05, 0.1) is 17.2 Å². The predicted molar refractivity (Wildman–Crippen MR) is 147 cm³/mol. The summed E-state index contributed by atoms with van der Waals surface area (Å²) in [6.45, 7) is 10.4. The van der Waals surface area contributed by atoms with Crippen molar-refractivity contribution in [1.82, 2.24) is 0 Å². The molecule has 9 heteroatoms. The highest BCUT2D eigenvalue weighted by Crippen LogP contribution is 2.41. The van der Waals surface area contributed by atoms with Gasteiger partial charge >= 0.3 is 5.97 Å². The molecule has 1 aromatic carbocycles. The lowest BCUT2D eigenvalue weighted by molar-refractivity contribution is -0.375. The quantitative estimate of drug-likeness (QED) is 0.201. The number of hydrogen-bond donors (Lipinski definition) is 2. The standard InChI is InChI=1S/C29H47ClO8/c1-5-9-15-34-20-24-25(35-16-10-6-2)26(36-17-11-7-3)27(37-18-12-8-4)29(33,38-24)21-13-14-23(30)22(19-21)28(31)32/h13-14,19,24-27,33H,5-12,15-18,20H2,1-4H3,(H,31,32)/t24-,25-,26+,27-,29?/m1/s1. The van der Waals surface area contributed by atoms with E-state index in [9.17, 15) is 15.0 Å². The summed E-state index contributed by atoms with van der Waals surface area (Å²) in [5.41, 5.74) is 0.101. The number of ether oxygens (including phenoxy) is 5. The fraction of sp³-hybridized carbons (Fsp3) is 0.759. The van der Waals surface area contributed by atoms with Gasteiger partial charge in [-0.05, 0) is 37.8 Å². The van der Waals surface area contributed by atoms with Crippen LogP contribution < -0.4 is 0 Å². The van der Waals surface area contributed by atoms with Gasteiger partial charge in [0.2, 0.25) is 5.79 Å². The first kappa shape index (κ1) is 32.9. The summed E-state index contributed by atoms with van der Waals surface area (Å²) < 4.78 is 31.4. The normalized spacial score (nSPS) is 25.5. The Morgan fingerprint density at radius 3 is 2.03 bits per heavy atom. The van der Waals surface area contributed by atoms with E-state index in [2.05, 4.69) is 27.7 Å². The summed E-state index contributed by atoms with van der Waals surface area (Å²) >= 11 is 6.15. The smallest absolute Gasteiger partial charge is 0.337 e. The number of carboxylic acids is 1. The Labute approximate surface area is 232 Å². The fourth-order valence-corrected chi connectivity index (χ4v) is 4.56. The van der Waals surface area contributed by atoms with Crippen LogP contribution in [0.4, 0.5) is 0 Å². The molecule has 1 aliphatic heterocycles. The van der Waals surface area contributed by atoms with E-state index in [1.165, 1.54) is 12.1 Å². The van der Waals surface area contributed by atoms with Crippen molar-refractivity contribution in [3.8, 4) is 0 Å². The molecule has 38 heavy (non-hydrogen) atoms. The Morgan fingerprint density at radius 1 is 0.895 bits per heavy atom. The number of benzene rings is 1. The van der Waals surface area contributed by atoms with Crippen molar-refractivity contribution in [1.29, 1.82) is 0 Å². The molecule has 0 bridgehead atoms. The second-order valence-electron chi connectivity index (χ2n) is 9.80. The topological polar surface area (TPSA) is 104 Å². The first-order valence-electron chi connectivity index (χ1n) is 14.2. The number of hydrogen-bond acceptors (Lipinski definition) is 7. The zero-order valence-corrected chi connectivity index (χ0v) is 24.2.